The zero-order valence-corrected chi connectivity index (χ0v) is 13.4. The third-order valence-corrected chi connectivity index (χ3v) is 3.22. The summed E-state index contributed by atoms with van der Waals surface area (Å²) in [5.41, 5.74) is 2.69. The molecule has 96 valence electrons. The minimum absolute atomic E-state index is 0. The zero-order valence-electron chi connectivity index (χ0n) is 12.0. The summed E-state index contributed by atoms with van der Waals surface area (Å²) in [7, 11) is 0. The minimum Gasteiger partial charge on any atom is -0.303 e. The van der Waals surface area contributed by atoms with Crippen LogP contribution in [0.25, 0.3) is 0 Å². The van der Waals surface area contributed by atoms with E-state index in [0.29, 0.717) is 12.3 Å². The molecular formula is C16H24MgO. The van der Waals surface area contributed by atoms with E-state index in [4.69, 9.17) is 0 Å². The van der Waals surface area contributed by atoms with Crippen molar-refractivity contribution in [1.82, 2.24) is 0 Å². The smallest absolute Gasteiger partial charge is 0.120 e. The first-order valence-corrected chi connectivity index (χ1v) is 6.66. The fourth-order valence-electron chi connectivity index (χ4n) is 2.05. The molecule has 1 aromatic carbocycles. The summed E-state index contributed by atoms with van der Waals surface area (Å²) in [4.78, 5) is 10.5. The third-order valence-electron chi connectivity index (χ3n) is 3.22. The predicted molar refractivity (Wildman–Crippen MR) is 79.1 cm³/mol. The van der Waals surface area contributed by atoms with Crippen LogP contribution in [0, 0.1) is 5.92 Å². The molecule has 2 heteroatoms. The molecule has 0 bridgehead atoms. The highest BCUT2D eigenvalue weighted by Gasteiger charge is 2.05. The van der Waals surface area contributed by atoms with Gasteiger partial charge in [0.15, 0.2) is 0 Å². The Kier molecular flexibility index (Phi) is 9.39. The van der Waals surface area contributed by atoms with Crippen LogP contribution in [0.15, 0.2) is 24.3 Å². The number of carbonyl (C=O) groups is 1. The summed E-state index contributed by atoms with van der Waals surface area (Å²) < 4.78 is 0. The van der Waals surface area contributed by atoms with Crippen molar-refractivity contribution in [2.45, 2.75) is 52.4 Å². The first kappa shape index (κ1) is 17.7. The highest BCUT2D eigenvalue weighted by molar-refractivity contribution is 5.75. The van der Waals surface area contributed by atoms with E-state index < -0.39 is 0 Å². The number of benzene rings is 1. The third kappa shape index (κ3) is 6.55. The van der Waals surface area contributed by atoms with Crippen LogP contribution < -0.4 is 0 Å². The lowest BCUT2D eigenvalue weighted by molar-refractivity contribution is -0.108. The van der Waals surface area contributed by atoms with E-state index in [1.807, 2.05) is 0 Å². The van der Waals surface area contributed by atoms with Crippen LogP contribution in [0.2, 0.25) is 0 Å². The van der Waals surface area contributed by atoms with Crippen molar-refractivity contribution in [3.63, 3.8) is 0 Å². The Morgan fingerprint density at radius 2 is 1.94 bits per heavy atom. The van der Waals surface area contributed by atoms with Crippen LogP contribution in [0.4, 0.5) is 0 Å². The summed E-state index contributed by atoms with van der Waals surface area (Å²) in [5.74, 6) is 1.13. The van der Waals surface area contributed by atoms with E-state index >= 15 is 0 Å². The van der Waals surface area contributed by atoms with E-state index in [0.717, 1.165) is 18.6 Å². The van der Waals surface area contributed by atoms with Crippen LogP contribution in [0.5, 0.6) is 0 Å². The molecule has 0 amide bonds. The lowest BCUT2D eigenvalue weighted by Gasteiger charge is -2.10. The van der Waals surface area contributed by atoms with Crippen molar-refractivity contribution >= 4 is 29.3 Å². The molecule has 0 aliphatic rings. The molecule has 0 aliphatic carbocycles. The Hall–Kier alpha value is -0.344. The molecule has 0 aliphatic heterocycles. The monoisotopic (exact) mass is 256 g/mol. The molecule has 1 atom stereocenters. The second-order valence-electron chi connectivity index (χ2n) is 5.33. The number of rotatable bonds is 7. The standard InChI is InChI=1S/C16H24O.Mg/c1-13(2)6-4-7-15-8-5-9-16(12-15)14(3)10-11-17;/h5,8-9,11-14H,4,6-7,10H2,1-3H3;. The lowest BCUT2D eigenvalue weighted by Crippen LogP contribution is -1.96. The Morgan fingerprint density at radius 3 is 2.56 bits per heavy atom. The average Bonchev–Trinajstić information content (AvgIpc) is 2.29. The second kappa shape index (κ2) is 9.57. The van der Waals surface area contributed by atoms with Gasteiger partial charge in [0.25, 0.3) is 0 Å². The average molecular weight is 257 g/mol. The van der Waals surface area contributed by atoms with E-state index in [2.05, 4.69) is 45.0 Å². The maximum absolute atomic E-state index is 10.5. The summed E-state index contributed by atoms with van der Waals surface area (Å²) in [5, 5.41) is 0. The van der Waals surface area contributed by atoms with E-state index in [1.54, 1.807) is 0 Å². The van der Waals surface area contributed by atoms with Crippen molar-refractivity contribution in [2.24, 2.45) is 5.92 Å². The Balaban J connectivity index is 0.00000289. The van der Waals surface area contributed by atoms with Crippen LogP contribution in [-0.2, 0) is 11.2 Å². The van der Waals surface area contributed by atoms with Crippen LogP contribution in [-0.4, -0.2) is 29.3 Å². The van der Waals surface area contributed by atoms with Gasteiger partial charge in [0.2, 0.25) is 0 Å². The molecule has 0 N–H and O–H groups in total. The first-order chi connectivity index (χ1) is 8.13. The van der Waals surface area contributed by atoms with Gasteiger partial charge in [-0.3, -0.25) is 0 Å². The molecule has 0 fully saturated rings. The number of aldehydes is 1. The number of aryl methyl sites for hydroxylation is 1. The number of hydrogen-bond donors (Lipinski definition) is 0. The van der Waals surface area contributed by atoms with Gasteiger partial charge < -0.3 is 4.79 Å². The van der Waals surface area contributed by atoms with Crippen molar-refractivity contribution in [2.75, 3.05) is 0 Å². The van der Waals surface area contributed by atoms with Gasteiger partial charge in [-0.2, -0.15) is 0 Å². The van der Waals surface area contributed by atoms with Gasteiger partial charge in [0, 0.05) is 29.5 Å². The molecular weight excluding hydrogens is 232 g/mol. The second-order valence-corrected chi connectivity index (χ2v) is 5.33. The number of hydrogen-bond acceptors (Lipinski definition) is 1. The quantitative estimate of drug-likeness (QED) is 0.533. The Bertz CT molecular complexity index is 347. The van der Waals surface area contributed by atoms with E-state index in [-0.39, 0.29) is 23.1 Å². The van der Waals surface area contributed by atoms with Crippen molar-refractivity contribution in [3.05, 3.63) is 35.4 Å². The van der Waals surface area contributed by atoms with Gasteiger partial charge >= 0.3 is 0 Å². The van der Waals surface area contributed by atoms with Crippen molar-refractivity contribution in [3.8, 4) is 0 Å². The molecule has 18 heavy (non-hydrogen) atoms. The zero-order chi connectivity index (χ0) is 12.7. The van der Waals surface area contributed by atoms with Gasteiger partial charge in [-0.25, -0.2) is 0 Å². The van der Waals surface area contributed by atoms with Gasteiger partial charge in [0.05, 0.1) is 0 Å². The molecule has 2 radical (unpaired) electrons. The molecule has 1 aromatic rings. The largest absolute Gasteiger partial charge is 0.303 e. The normalized spacial score (nSPS) is 12.0. The molecule has 1 unspecified atom stereocenters. The molecule has 0 spiro atoms. The summed E-state index contributed by atoms with van der Waals surface area (Å²) in [6, 6.07) is 8.69. The van der Waals surface area contributed by atoms with Crippen LogP contribution >= 0.6 is 0 Å². The van der Waals surface area contributed by atoms with Gasteiger partial charge in [-0.15, -0.1) is 0 Å². The van der Waals surface area contributed by atoms with Crippen molar-refractivity contribution < 1.29 is 4.79 Å². The van der Waals surface area contributed by atoms with Crippen LogP contribution in [0.3, 0.4) is 0 Å². The summed E-state index contributed by atoms with van der Waals surface area (Å²) >= 11 is 0. The Labute approximate surface area is 128 Å². The van der Waals surface area contributed by atoms with Gasteiger partial charge in [-0.05, 0) is 35.8 Å². The highest BCUT2D eigenvalue weighted by Crippen LogP contribution is 2.20. The fraction of sp³-hybridized carbons (Fsp3) is 0.562. The van der Waals surface area contributed by atoms with E-state index in [1.165, 1.54) is 24.0 Å². The van der Waals surface area contributed by atoms with Crippen molar-refractivity contribution in [1.29, 1.82) is 0 Å². The molecule has 1 rings (SSSR count). The van der Waals surface area contributed by atoms with Crippen LogP contribution in [0.1, 0.15) is 57.1 Å². The summed E-state index contributed by atoms with van der Waals surface area (Å²) in [6.45, 7) is 6.65. The lowest BCUT2D eigenvalue weighted by atomic mass is 9.95. The summed E-state index contributed by atoms with van der Waals surface area (Å²) in [6.07, 6.45) is 5.32. The Morgan fingerprint density at radius 1 is 1.22 bits per heavy atom. The molecule has 1 nitrogen and oxygen atoms in total. The predicted octanol–water partition coefficient (Wildman–Crippen LogP) is 3.98. The van der Waals surface area contributed by atoms with E-state index in [9.17, 15) is 4.79 Å². The SMILES string of the molecule is CC(C)CCCc1cccc(C(C)CC=O)c1.[Mg]. The molecule has 0 aromatic heterocycles. The number of carbonyl (C=O) groups excluding carboxylic acids is 1. The minimum atomic E-state index is 0. The van der Waals surface area contributed by atoms with Gasteiger partial charge in [-0.1, -0.05) is 51.5 Å². The topological polar surface area (TPSA) is 17.1 Å². The maximum atomic E-state index is 10.5. The first-order valence-electron chi connectivity index (χ1n) is 6.66. The molecule has 0 heterocycles. The fourth-order valence-corrected chi connectivity index (χ4v) is 2.05. The maximum Gasteiger partial charge on any atom is 0.120 e. The highest BCUT2D eigenvalue weighted by atomic mass is 24.3. The van der Waals surface area contributed by atoms with Gasteiger partial charge in [0.1, 0.15) is 6.29 Å². The molecule has 0 saturated heterocycles. The molecule has 0 saturated carbocycles.